The molecule has 0 radical (unpaired) electrons. The molecule has 2 aromatic heterocycles. The maximum Gasteiger partial charge on any atom is 0.360 e. The molecule has 2 rings (SSSR count). The topological polar surface area (TPSA) is 92.3 Å². The molecule has 9 heteroatoms. The number of nitrogens with zero attached hydrogens (tertiary/aromatic N) is 3. The lowest BCUT2D eigenvalue weighted by molar-refractivity contribution is 0.0595. The van der Waals surface area contributed by atoms with Crippen molar-refractivity contribution >= 4 is 48.9 Å². The molecular formula is C14H21BrN4O3S. The first-order valence-electron chi connectivity index (χ1n) is 6.87. The zero-order chi connectivity index (χ0) is 17.2. The Bertz CT molecular complexity index is 727. The van der Waals surface area contributed by atoms with Gasteiger partial charge >= 0.3 is 5.97 Å². The van der Waals surface area contributed by atoms with E-state index >= 15 is 0 Å². The van der Waals surface area contributed by atoms with Gasteiger partial charge in [0.15, 0.2) is 17.2 Å². The fourth-order valence-electron chi connectivity index (χ4n) is 1.88. The van der Waals surface area contributed by atoms with Crippen LogP contribution in [0.4, 0.5) is 5.82 Å². The number of methoxy groups -OCH3 is 1. The van der Waals surface area contributed by atoms with E-state index in [1.807, 2.05) is 10.8 Å². The smallest absolute Gasteiger partial charge is 0.360 e. The van der Waals surface area contributed by atoms with Crippen LogP contribution in [0.5, 0.6) is 0 Å². The van der Waals surface area contributed by atoms with E-state index in [0.717, 1.165) is 10.2 Å². The minimum atomic E-state index is -0.610. The van der Waals surface area contributed by atoms with Crippen molar-refractivity contribution < 1.29 is 14.3 Å². The highest BCUT2D eigenvalue weighted by atomic mass is 79.9. The number of rotatable bonds is 6. The molecule has 0 aliphatic rings. The van der Waals surface area contributed by atoms with Crippen molar-refractivity contribution in [2.24, 2.45) is 0 Å². The van der Waals surface area contributed by atoms with Crippen LogP contribution in [0.2, 0.25) is 0 Å². The Kier molecular flexibility index (Phi) is 5.53. The van der Waals surface area contributed by atoms with Gasteiger partial charge < -0.3 is 19.8 Å². The Morgan fingerprint density at radius 2 is 2.09 bits per heavy atom. The first-order valence-corrected chi connectivity index (χ1v) is 10.7. The predicted molar refractivity (Wildman–Crippen MR) is 97.2 cm³/mol. The number of nitrogens with two attached hydrogens (primary N) is 1. The van der Waals surface area contributed by atoms with Crippen molar-refractivity contribution in [3.05, 3.63) is 16.4 Å². The van der Waals surface area contributed by atoms with Crippen molar-refractivity contribution in [3.8, 4) is 0 Å². The van der Waals surface area contributed by atoms with Gasteiger partial charge in [0.05, 0.1) is 18.2 Å². The number of hydrogen-bond acceptors (Lipinski definition) is 6. The number of fused-ring (bicyclic) bond motifs is 1. The summed E-state index contributed by atoms with van der Waals surface area (Å²) in [7, 11) is 0.693. The molecule has 2 N–H and O–H groups in total. The van der Waals surface area contributed by atoms with Crippen LogP contribution in [0, 0.1) is 0 Å². The number of halogens is 1. The Hall–Kier alpha value is -1.32. The number of carbonyl (C=O) groups is 1. The molecule has 128 valence electrons. The summed E-state index contributed by atoms with van der Waals surface area (Å²) in [6.07, 6.45) is 8.56. The molecule has 0 aromatic carbocycles. The van der Waals surface area contributed by atoms with Gasteiger partial charge in [0.2, 0.25) is 0 Å². The fourth-order valence-corrected chi connectivity index (χ4v) is 3.01. The summed E-state index contributed by atoms with van der Waals surface area (Å²) in [6, 6.07) is 0. The fraction of sp³-hybridized carbons (Fsp3) is 0.500. The summed E-state index contributed by atoms with van der Waals surface area (Å²) < 4.78 is 12.9. The Morgan fingerprint density at radius 3 is 2.70 bits per heavy atom. The lowest BCUT2D eigenvalue weighted by Crippen LogP contribution is -2.12. The van der Waals surface area contributed by atoms with Crippen LogP contribution in [0.1, 0.15) is 10.5 Å². The van der Waals surface area contributed by atoms with Gasteiger partial charge in [-0.25, -0.2) is 24.8 Å². The molecule has 0 aliphatic heterocycles. The van der Waals surface area contributed by atoms with Crippen LogP contribution >= 0.6 is 26.0 Å². The third kappa shape index (κ3) is 4.36. The van der Waals surface area contributed by atoms with Crippen molar-refractivity contribution in [2.45, 2.75) is 6.73 Å². The molecule has 7 nitrogen and oxygen atoms in total. The molecule has 0 saturated carbocycles. The molecule has 0 atom stereocenters. The molecule has 23 heavy (non-hydrogen) atoms. The molecule has 0 saturated heterocycles. The highest BCUT2D eigenvalue weighted by Gasteiger charge is 2.19. The molecular weight excluding hydrogens is 384 g/mol. The summed E-state index contributed by atoms with van der Waals surface area (Å²) in [5.74, 6) is 0.463. The molecule has 2 aromatic rings. The molecule has 0 spiro atoms. The monoisotopic (exact) mass is 404 g/mol. The van der Waals surface area contributed by atoms with E-state index in [1.165, 1.54) is 7.11 Å². The zero-order valence-electron chi connectivity index (χ0n) is 13.6. The van der Waals surface area contributed by atoms with Gasteiger partial charge in [-0.1, -0.05) is 0 Å². The molecule has 0 unspecified atom stereocenters. The highest BCUT2D eigenvalue weighted by Crippen LogP contribution is 2.33. The third-order valence-corrected chi connectivity index (χ3v) is 5.09. The van der Waals surface area contributed by atoms with Crippen LogP contribution < -0.4 is 5.73 Å². The van der Waals surface area contributed by atoms with Crippen molar-refractivity contribution in [1.82, 2.24) is 14.5 Å². The van der Waals surface area contributed by atoms with Gasteiger partial charge in [0, 0.05) is 11.9 Å². The second-order valence-electron chi connectivity index (χ2n) is 5.90. The number of hydrogen-bond donors (Lipinski definition) is 1. The minimum Gasteiger partial charge on any atom is -0.464 e. The average Bonchev–Trinajstić information content (AvgIpc) is 2.77. The number of anilines is 1. The van der Waals surface area contributed by atoms with Gasteiger partial charge in [-0.2, -0.15) is 0 Å². The third-order valence-electron chi connectivity index (χ3n) is 3.12. The lowest BCUT2D eigenvalue weighted by Gasteiger charge is -2.24. The molecule has 0 bridgehead atoms. The summed E-state index contributed by atoms with van der Waals surface area (Å²) in [5.41, 5.74) is 6.93. The van der Waals surface area contributed by atoms with E-state index in [4.69, 9.17) is 10.5 Å². The van der Waals surface area contributed by atoms with Gasteiger partial charge in [0.1, 0.15) is 12.2 Å². The van der Waals surface area contributed by atoms with Crippen molar-refractivity contribution in [1.29, 1.82) is 0 Å². The first-order chi connectivity index (χ1) is 10.7. The maximum absolute atomic E-state index is 11.7. The maximum atomic E-state index is 11.7. The second-order valence-corrected chi connectivity index (χ2v) is 11.3. The van der Waals surface area contributed by atoms with Crippen LogP contribution in [0.15, 0.2) is 10.7 Å². The summed E-state index contributed by atoms with van der Waals surface area (Å²) in [6.45, 7) is 1.03. The highest BCUT2D eigenvalue weighted by molar-refractivity contribution is 9.10. The number of carbonyl (C=O) groups excluding carboxylic acids is 1. The van der Waals surface area contributed by atoms with Crippen molar-refractivity contribution in [2.75, 3.05) is 44.0 Å². The largest absolute Gasteiger partial charge is 0.464 e. The number of ether oxygens (including phenoxy) is 2. The predicted octanol–water partition coefficient (Wildman–Crippen LogP) is 2.23. The first kappa shape index (κ1) is 18.0. The summed E-state index contributed by atoms with van der Waals surface area (Å²) in [4.78, 5) is 20.2. The quantitative estimate of drug-likeness (QED) is 0.585. The van der Waals surface area contributed by atoms with Gasteiger partial charge in [0.25, 0.3) is 0 Å². The Labute approximate surface area is 145 Å². The van der Waals surface area contributed by atoms with E-state index in [9.17, 15) is 4.79 Å². The molecule has 0 fully saturated rings. The number of esters is 1. The number of aromatic nitrogens is 3. The van der Waals surface area contributed by atoms with E-state index < -0.39 is 16.0 Å². The van der Waals surface area contributed by atoms with E-state index in [2.05, 4.69) is 49.4 Å². The normalized spacial score (nSPS) is 12.6. The minimum absolute atomic E-state index is 0.00991. The average molecular weight is 405 g/mol. The summed E-state index contributed by atoms with van der Waals surface area (Å²) >= 11 is 3.42. The van der Waals surface area contributed by atoms with E-state index in [-0.39, 0.29) is 11.5 Å². The van der Waals surface area contributed by atoms with Crippen LogP contribution in [-0.2, 0) is 16.2 Å². The summed E-state index contributed by atoms with van der Waals surface area (Å²) in [5, 5.41) is 0. The van der Waals surface area contributed by atoms with Gasteiger partial charge in [-0.3, -0.25) is 0 Å². The van der Waals surface area contributed by atoms with Crippen LogP contribution in [0.3, 0.4) is 0 Å². The Balaban J connectivity index is 2.22. The van der Waals surface area contributed by atoms with E-state index in [0.29, 0.717) is 24.5 Å². The molecule has 0 amide bonds. The van der Waals surface area contributed by atoms with E-state index in [1.54, 1.807) is 0 Å². The number of nitrogen functional groups attached to an aromatic ring is 1. The Morgan fingerprint density at radius 1 is 1.39 bits per heavy atom. The zero-order valence-corrected chi connectivity index (χ0v) is 16.0. The molecule has 0 aliphatic carbocycles. The lowest BCUT2D eigenvalue weighted by atomic mass is 10.4. The molecule has 2 heterocycles. The van der Waals surface area contributed by atoms with Crippen LogP contribution in [0.25, 0.3) is 11.2 Å². The second kappa shape index (κ2) is 7.06. The van der Waals surface area contributed by atoms with Gasteiger partial charge in [-0.15, -0.1) is 0 Å². The van der Waals surface area contributed by atoms with Crippen molar-refractivity contribution in [3.63, 3.8) is 0 Å². The van der Waals surface area contributed by atoms with Crippen LogP contribution in [-0.4, -0.2) is 58.7 Å². The SMILES string of the molecule is COC(=O)c1nc2c(Br)cn(COCCS(C)(C)C)c2nc1N. The van der Waals surface area contributed by atoms with Gasteiger partial charge in [-0.05, 0) is 34.7 Å². The standard InChI is InChI=1S/C14H21BrN4O3S/c1-21-14(20)11-12(16)18-13-10(17-11)9(15)7-19(13)8-22-5-6-23(2,3)4/h7H,5-6,8H2,1-4H3,(H2,16,18).